The third-order valence-electron chi connectivity index (χ3n) is 4.98. The van der Waals surface area contributed by atoms with E-state index in [-0.39, 0.29) is 25.2 Å². The average molecular weight is 401 g/mol. The molecule has 154 valence electrons. The lowest BCUT2D eigenvalue weighted by Gasteiger charge is -2.43. The molecule has 0 amide bonds. The minimum atomic E-state index is -0.960. The minimum absolute atomic E-state index is 0.146. The van der Waals surface area contributed by atoms with Crippen LogP contribution >= 0.6 is 0 Å². The number of alkyl halides is 1. The van der Waals surface area contributed by atoms with E-state index in [9.17, 15) is 8.78 Å². The molecular weight excluding hydrogens is 376 g/mol. The highest BCUT2D eigenvalue weighted by atomic mass is 19.1. The van der Waals surface area contributed by atoms with Crippen molar-refractivity contribution in [3.63, 3.8) is 0 Å². The number of aromatic nitrogens is 3. The molecule has 29 heavy (non-hydrogen) atoms. The van der Waals surface area contributed by atoms with Crippen LogP contribution in [0.4, 0.5) is 14.7 Å². The highest BCUT2D eigenvalue weighted by Crippen LogP contribution is 2.45. The van der Waals surface area contributed by atoms with Crippen LogP contribution in [0.25, 0.3) is 0 Å². The Hall–Kier alpha value is -2.94. The molecule has 0 aliphatic heterocycles. The maximum Gasteiger partial charge on any atom is 0.222 e. The average Bonchev–Trinajstić information content (AvgIpc) is 2.69. The molecule has 0 atom stereocenters. The lowest BCUT2D eigenvalue weighted by Crippen LogP contribution is -2.49. The molecule has 1 aliphatic rings. The zero-order chi connectivity index (χ0) is 20.9. The second kappa shape index (κ2) is 9.04. The normalized spacial score (nSPS) is 22.2. The van der Waals surface area contributed by atoms with E-state index < -0.39 is 17.4 Å². The maximum absolute atomic E-state index is 14.2. The predicted octanol–water partition coefficient (Wildman–Crippen LogP) is 2.32. The summed E-state index contributed by atoms with van der Waals surface area (Å²) in [4.78, 5) is 17.1. The fourth-order valence-electron chi connectivity index (χ4n) is 3.60. The van der Waals surface area contributed by atoms with Gasteiger partial charge in [-0.25, -0.2) is 18.7 Å². The molecule has 0 radical (unpaired) electrons. The minimum Gasteiger partial charge on any atom is -0.394 e. The monoisotopic (exact) mass is 401 g/mol. The van der Waals surface area contributed by atoms with E-state index in [2.05, 4.69) is 30.6 Å². The van der Waals surface area contributed by atoms with Crippen LogP contribution in [-0.4, -0.2) is 47.1 Å². The molecule has 3 rings (SSSR count). The van der Waals surface area contributed by atoms with Gasteiger partial charge in [-0.05, 0) is 37.5 Å². The summed E-state index contributed by atoms with van der Waals surface area (Å²) in [5, 5.41) is 6.06. The molecule has 0 spiro atoms. The van der Waals surface area contributed by atoms with E-state index in [4.69, 9.17) is 5.73 Å². The number of aliphatic imine (C=N–C) groups is 1. The van der Waals surface area contributed by atoms with Gasteiger partial charge in [0.2, 0.25) is 5.95 Å². The molecule has 2 aromatic rings. The van der Waals surface area contributed by atoms with E-state index in [0.29, 0.717) is 18.2 Å². The van der Waals surface area contributed by atoms with E-state index in [1.807, 2.05) is 13.1 Å². The summed E-state index contributed by atoms with van der Waals surface area (Å²) in [6, 6.07) is 2.87. The molecule has 0 unspecified atom stereocenters. The summed E-state index contributed by atoms with van der Waals surface area (Å²) in [5.74, 6) is -0.0546. The van der Waals surface area contributed by atoms with Crippen LogP contribution in [-0.2, 0) is 5.41 Å². The number of nitrogens with two attached hydrogens (primary N) is 1. The number of hydrogen-bond donors (Lipinski definition) is 3. The Balaban J connectivity index is 1.75. The van der Waals surface area contributed by atoms with Crippen LogP contribution < -0.4 is 16.4 Å². The first-order valence-electron chi connectivity index (χ1n) is 9.39. The number of hydrogen-bond acceptors (Lipinski definition) is 7. The van der Waals surface area contributed by atoms with Gasteiger partial charge >= 0.3 is 0 Å². The first-order valence-corrected chi connectivity index (χ1v) is 9.39. The second-order valence-corrected chi connectivity index (χ2v) is 7.07. The number of rotatable bonds is 8. The Bertz CT molecular complexity index is 890. The summed E-state index contributed by atoms with van der Waals surface area (Å²) >= 11 is 0. The van der Waals surface area contributed by atoms with Gasteiger partial charge < -0.3 is 16.4 Å². The Morgan fingerprint density at radius 3 is 2.66 bits per heavy atom. The molecule has 0 saturated heterocycles. The summed E-state index contributed by atoms with van der Waals surface area (Å²) in [5.41, 5.74) is 7.47. The van der Waals surface area contributed by atoms with Gasteiger partial charge in [-0.1, -0.05) is 0 Å². The van der Waals surface area contributed by atoms with Gasteiger partial charge in [0.25, 0.3) is 0 Å². The number of allylic oxidation sites excluding steroid dienone is 1. The molecule has 7 nitrogen and oxygen atoms in total. The van der Waals surface area contributed by atoms with E-state index in [1.54, 1.807) is 19.4 Å². The molecule has 4 N–H and O–H groups in total. The number of nitrogens with one attached hydrogen (secondary N) is 2. The van der Waals surface area contributed by atoms with Gasteiger partial charge in [0.1, 0.15) is 12.0 Å². The summed E-state index contributed by atoms with van der Waals surface area (Å²) < 4.78 is 27.9. The van der Waals surface area contributed by atoms with Gasteiger partial charge in [-0.15, -0.1) is 0 Å². The lowest BCUT2D eigenvalue weighted by atomic mass is 9.65. The fraction of sp³-hybridized carbons (Fsp3) is 0.400. The van der Waals surface area contributed by atoms with E-state index in [1.165, 1.54) is 18.3 Å². The van der Waals surface area contributed by atoms with Crippen molar-refractivity contribution in [3.05, 3.63) is 59.6 Å². The van der Waals surface area contributed by atoms with E-state index >= 15 is 0 Å². The van der Waals surface area contributed by atoms with Crippen LogP contribution in [0.2, 0.25) is 0 Å². The topological polar surface area (TPSA) is 101 Å². The largest absolute Gasteiger partial charge is 0.394 e. The van der Waals surface area contributed by atoms with Gasteiger partial charge in [-0.2, -0.15) is 0 Å². The summed E-state index contributed by atoms with van der Waals surface area (Å²) in [6.07, 6.45) is 6.10. The van der Waals surface area contributed by atoms with E-state index in [0.717, 1.165) is 11.1 Å². The molecule has 9 heteroatoms. The van der Waals surface area contributed by atoms with Crippen molar-refractivity contribution < 1.29 is 8.78 Å². The number of nitrogens with zero attached hydrogens (tertiary/aromatic N) is 4. The maximum atomic E-state index is 14.2. The summed E-state index contributed by atoms with van der Waals surface area (Å²) in [7, 11) is 1.80. The lowest BCUT2D eigenvalue weighted by molar-refractivity contribution is 0.0963. The first-order chi connectivity index (χ1) is 14.0. The fourth-order valence-corrected chi connectivity index (χ4v) is 3.60. The first kappa shape index (κ1) is 20.8. The summed E-state index contributed by atoms with van der Waals surface area (Å²) in [6.45, 7) is 2.35. The van der Waals surface area contributed by atoms with Crippen molar-refractivity contribution in [2.45, 2.75) is 31.4 Å². The Kier molecular flexibility index (Phi) is 6.48. The highest BCUT2D eigenvalue weighted by molar-refractivity contribution is 6.11. The zero-order valence-electron chi connectivity index (χ0n) is 16.5. The van der Waals surface area contributed by atoms with Crippen molar-refractivity contribution in [1.82, 2.24) is 20.3 Å². The SMILES string of the molecule is CN/C=C(C)\C(=N/CN)c1cnc(NC[C@]2(c3ncccc3F)C[C@H](F)C2)nc1. The Labute approximate surface area is 168 Å². The molecule has 0 aromatic carbocycles. The molecule has 1 saturated carbocycles. The number of halogens is 2. The van der Waals surface area contributed by atoms with Crippen molar-refractivity contribution in [3.8, 4) is 0 Å². The van der Waals surface area contributed by atoms with Crippen molar-refractivity contribution in [2.24, 2.45) is 10.7 Å². The Morgan fingerprint density at radius 1 is 1.34 bits per heavy atom. The van der Waals surface area contributed by atoms with Crippen molar-refractivity contribution in [1.29, 1.82) is 0 Å². The number of pyridine rings is 1. The quantitative estimate of drug-likeness (QED) is 0.587. The third-order valence-corrected chi connectivity index (χ3v) is 4.98. The molecule has 1 fully saturated rings. The van der Waals surface area contributed by atoms with Crippen molar-refractivity contribution in [2.75, 3.05) is 25.6 Å². The Morgan fingerprint density at radius 2 is 2.07 bits per heavy atom. The third kappa shape index (κ3) is 4.56. The van der Waals surface area contributed by atoms with Crippen LogP contribution in [0, 0.1) is 5.82 Å². The highest BCUT2D eigenvalue weighted by Gasteiger charge is 2.48. The van der Waals surface area contributed by atoms with Crippen LogP contribution in [0.15, 0.2) is 47.5 Å². The molecule has 0 bridgehead atoms. The van der Waals surface area contributed by atoms with Crippen LogP contribution in [0.3, 0.4) is 0 Å². The van der Waals surface area contributed by atoms with Gasteiger partial charge in [0.15, 0.2) is 0 Å². The molecule has 2 heterocycles. The zero-order valence-corrected chi connectivity index (χ0v) is 16.5. The molecular formula is C20H25F2N7. The van der Waals surface area contributed by atoms with Gasteiger partial charge in [-0.3, -0.25) is 9.98 Å². The second-order valence-electron chi connectivity index (χ2n) is 7.07. The predicted molar refractivity (Wildman–Crippen MR) is 109 cm³/mol. The van der Waals surface area contributed by atoms with Crippen molar-refractivity contribution >= 4 is 11.7 Å². The molecule has 2 aromatic heterocycles. The smallest absolute Gasteiger partial charge is 0.222 e. The number of anilines is 1. The van der Waals surface area contributed by atoms with Crippen LogP contribution in [0.5, 0.6) is 0 Å². The standard InChI is InChI=1S/C20H25F2N7/c1-13(8-24-2)17(29-12-23)14-9-26-19(27-10-14)28-11-20(6-15(21)7-20)18-16(22)4-3-5-25-18/h3-5,8-10,15,24H,6-7,11-12,23H2,1-2H3,(H,26,27,28)/b13-8-,29-17+/t15-,20-. The van der Waals surface area contributed by atoms with Gasteiger partial charge in [0, 0.05) is 49.4 Å². The molecule has 1 aliphatic carbocycles. The van der Waals surface area contributed by atoms with Gasteiger partial charge in [0.05, 0.1) is 18.1 Å². The van der Waals surface area contributed by atoms with Crippen LogP contribution in [0.1, 0.15) is 31.0 Å².